The molecule has 0 atom stereocenters. The van der Waals surface area contributed by atoms with E-state index >= 15 is 0 Å². The van der Waals surface area contributed by atoms with Crippen molar-refractivity contribution in [1.82, 2.24) is 4.90 Å². The zero-order chi connectivity index (χ0) is 16.2. The Morgan fingerprint density at radius 3 is 2.91 bits per heavy atom. The summed E-state index contributed by atoms with van der Waals surface area (Å²) >= 11 is 5.94. The molecular weight excluding hydrogens is 308 g/mol. The van der Waals surface area contributed by atoms with E-state index in [1.165, 1.54) is 11.1 Å². The fourth-order valence-electron chi connectivity index (χ4n) is 2.82. The molecule has 4 heteroatoms. The highest BCUT2D eigenvalue weighted by Gasteiger charge is 2.16. The van der Waals surface area contributed by atoms with Crippen molar-refractivity contribution in [2.45, 2.75) is 13.0 Å². The fraction of sp³-hybridized carbons (Fsp3) is 0.211. The molecule has 3 nitrogen and oxygen atoms in total. The quantitative estimate of drug-likeness (QED) is 0.865. The maximum atomic E-state index is 12.2. The van der Waals surface area contributed by atoms with Crippen LogP contribution in [0.25, 0.3) is 6.08 Å². The van der Waals surface area contributed by atoms with Gasteiger partial charge in [-0.3, -0.25) is 4.79 Å². The van der Waals surface area contributed by atoms with Gasteiger partial charge in [-0.2, -0.15) is 0 Å². The predicted octanol–water partition coefficient (Wildman–Crippen LogP) is 3.98. The number of benzene rings is 2. The summed E-state index contributed by atoms with van der Waals surface area (Å²) in [5.74, 6) is -0.127. The van der Waals surface area contributed by atoms with Gasteiger partial charge < -0.3 is 10.2 Å². The van der Waals surface area contributed by atoms with Crippen molar-refractivity contribution in [3.63, 3.8) is 0 Å². The van der Waals surface area contributed by atoms with Crippen molar-refractivity contribution in [3.8, 4) is 0 Å². The topological polar surface area (TPSA) is 32.3 Å². The van der Waals surface area contributed by atoms with Crippen LogP contribution in [0.4, 0.5) is 5.69 Å². The van der Waals surface area contributed by atoms with Gasteiger partial charge in [-0.15, -0.1) is 0 Å². The summed E-state index contributed by atoms with van der Waals surface area (Å²) in [6, 6.07) is 13.5. The second-order valence-corrected chi connectivity index (χ2v) is 6.25. The maximum Gasteiger partial charge on any atom is 0.248 e. The molecule has 0 bridgehead atoms. The van der Waals surface area contributed by atoms with Crippen LogP contribution in [-0.4, -0.2) is 24.4 Å². The molecule has 2 aromatic rings. The van der Waals surface area contributed by atoms with Crippen molar-refractivity contribution in [3.05, 3.63) is 70.3 Å². The molecule has 0 saturated heterocycles. The highest BCUT2D eigenvalue weighted by molar-refractivity contribution is 6.30. The van der Waals surface area contributed by atoms with Gasteiger partial charge in [-0.1, -0.05) is 35.9 Å². The lowest BCUT2D eigenvalue weighted by atomic mass is 9.98. The second-order valence-electron chi connectivity index (χ2n) is 5.81. The SMILES string of the molecule is CN1CCc2c(cccc2NC(=O)/C=C/c2cccc(Cl)c2)C1. The number of carbonyl (C=O) groups is 1. The molecule has 0 aromatic heterocycles. The van der Waals surface area contributed by atoms with E-state index in [-0.39, 0.29) is 5.91 Å². The third kappa shape index (κ3) is 4.01. The second kappa shape index (κ2) is 6.99. The van der Waals surface area contributed by atoms with Crippen molar-refractivity contribution < 1.29 is 4.79 Å². The molecule has 1 aliphatic rings. The molecule has 118 valence electrons. The standard InChI is InChI=1S/C19H19ClN2O/c1-22-11-10-17-15(13-22)5-3-7-18(17)21-19(23)9-8-14-4-2-6-16(20)12-14/h2-9,12H,10-11,13H2,1H3,(H,21,23)/b9-8+. The number of nitrogens with zero attached hydrogens (tertiary/aromatic N) is 1. The summed E-state index contributed by atoms with van der Waals surface area (Å²) in [6.07, 6.45) is 4.27. The number of hydrogen-bond donors (Lipinski definition) is 1. The first kappa shape index (κ1) is 15.8. The molecule has 0 radical (unpaired) electrons. The molecule has 1 aliphatic heterocycles. The highest BCUT2D eigenvalue weighted by atomic mass is 35.5. The normalized spacial score (nSPS) is 14.7. The highest BCUT2D eigenvalue weighted by Crippen LogP contribution is 2.25. The van der Waals surface area contributed by atoms with E-state index in [4.69, 9.17) is 11.6 Å². The molecule has 0 spiro atoms. The first-order valence-corrected chi connectivity index (χ1v) is 8.03. The zero-order valence-corrected chi connectivity index (χ0v) is 13.8. The molecule has 0 saturated carbocycles. The first-order chi connectivity index (χ1) is 11.1. The Morgan fingerprint density at radius 2 is 2.09 bits per heavy atom. The van der Waals surface area contributed by atoms with E-state index in [1.54, 1.807) is 12.2 Å². The molecule has 1 amide bonds. The van der Waals surface area contributed by atoms with Gasteiger partial charge in [0.15, 0.2) is 0 Å². The number of carbonyl (C=O) groups excluding carboxylic acids is 1. The summed E-state index contributed by atoms with van der Waals surface area (Å²) in [4.78, 5) is 14.5. The van der Waals surface area contributed by atoms with Gasteiger partial charge in [0.2, 0.25) is 5.91 Å². The summed E-state index contributed by atoms with van der Waals surface area (Å²) in [7, 11) is 2.11. The van der Waals surface area contributed by atoms with Gasteiger partial charge in [0.05, 0.1) is 0 Å². The Balaban J connectivity index is 1.72. The zero-order valence-electron chi connectivity index (χ0n) is 13.1. The van der Waals surface area contributed by atoms with Crippen molar-refractivity contribution in [2.75, 3.05) is 18.9 Å². The van der Waals surface area contributed by atoms with Gasteiger partial charge >= 0.3 is 0 Å². The van der Waals surface area contributed by atoms with Crippen LogP contribution in [0.1, 0.15) is 16.7 Å². The van der Waals surface area contributed by atoms with Crippen LogP contribution in [0.15, 0.2) is 48.5 Å². The minimum Gasteiger partial charge on any atom is -0.322 e. The van der Waals surface area contributed by atoms with Gasteiger partial charge in [-0.25, -0.2) is 0 Å². The summed E-state index contributed by atoms with van der Waals surface area (Å²) < 4.78 is 0. The lowest BCUT2D eigenvalue weighted by Crippen LogP contribution is -2.27. The maximum absolute atomic E-state index is 12.2. The van der Waals surface area contributed by atoms with E-state index < -0.39 is 0 Å². The average Bonchev–Trinajstić information content (AvgIpc) is 2.53. The van der Waals surface area contributed by atoms with Crippen molar-refractivity contribution in [2.24, 2.45) is 0 Å². The summed E-state index contributed by atoms with van der Waals surface area (Å²) in [5.41, 5.74) is 4.35. The Bertz CT molecular complexity index is 755. The lowest BCUT2D eigenvalue weighted by Gasteiger charge is -2.26. The Hall–Kier alpha value is -2.10. The number of hydrogen-bond acceptors (Lipinski definition) is 2. The molecular formula is C19H19ClN2O. The van der Waals surface area contributed by atoms with Gasteiger partial charge in [0, 0.05) is 29.9 Å². The molecule has 0 aliphatic carbocycles. The van der Waals surface area contributed by atoms with E-state index in [2.05, 4.69) is 23.3 Å². The fourth-order valence-corrected chi connectivity index (χ4v) is 3.02. The smallest absolute Gasteiger partial charge is 0.248 e. The number of nitrogens with one attached hydrogen (secondary N) is 1. The molecule has 1 heterocycles. The van der Waals surface area contributed by atoms with Gasteiger partial charge in [-0.05, 0) is 54.4 Å². The minimum absolute atomic E-state index is 0.127. The number of likely N-dealkylation sites (N-methyl/N-ethyl adjacent to an activating group) is 1. The van der Waals surface area contributed by atoms with Crippen LogP contribution >= 0.6 is 11.6 Å². The van der Waals surface area contributed by atoms with Crippen LogP contribution in [-0.2, 0) is 17.8 Å². The van der Waals surface area contributed by atoms with E-state index in [9.17, 15) is 4.79 Å². The number of anilines is 1. The monoisotopic (exact) mass is 326 g/mol. The number of fused-ring (bicyclic) bond motifs is 1. The van der Waals surface area contributed by atoms with Crippen molar-refractivity contribution >= 4 is 29.3 Å². The first-order valence-electron chi connectivity index (χ1n) is 7.66. The summed E-state index contributed by atoms with van der Waals surface area (Å²) in [6.45, 7) is 1.94. The van der Waals surface area contributed by atoms with Gasteiger partial charge in [0.1, 0.15) is 0 Å². The Labute approximate surface area is 141 Å². The van der Waals surface area contributed by atoms with Crippen molar-refractivity contribution in [1.29, 1.82) is 0 Å². The number of rotatable bonds is 3. The Kier molecular flexibility index (Phi) is 4.79. The average molecular weight is 327 g/mol. The third-order valence-electron chi connectivity index (χ3n) is 3.99. The number of amides is 1. The van der Waals surface area contributed by atoms with Crippen LogP contribution in [0.5, 0.6) is 0 Å². The molecule has 1 N–H and O–H groups in total. The minimum atomic E-state index is -0.127. The predicted molar refractivity (Wildman–Crippen MR) is 95.6 cm³/mol. The molecule has 0 fully saturated rings. The summed E-state index contributed by atoms with van der Waals surface area (Å²) in [5, 5.41) is 3.65. The molecule has 2 aromatic carbocycles. The molecule has 0 unspecified atom stereocenters. The van der Waals surface area contributed by atoms with E-state index in [0.717, 1.165) is 30.8 Å². The lowest BCUT2D eigenvalue weighted by molar-refractivity contribution is -0.111. The third-order valence-corrected chi connectivity index (χ3v) is 4.23. The van der Waals surface area contributed by atoms with Crippen LogP contribution < -0.4 is 5.32 Å². The molecule has 3 rings (SSSR count). The molecule has 23 heavy (non-hydrogen) atoms. The van der Waals surface area contributed by atoms with E-state index in [0.29, 0.717) is 5.02 Å². The Morgan fingerprint density at radius 1 is 1.26 bits per heavy atom. The largest absolute Gasteiger partial charge is 0.322 e. The van der Waals surface area contributed by atoms with E-state index in [1.807, 2.05) is 36.4 Å². The van der Waals surface area contributed by atoms with Crippen LogP contribution in [0.3, 0.4) is 0 Å². The van der Waals surface area contributed by atoms with Gasteiger partial charge in [0.25, 0.3) is 0 Å². The van der Waals surface area contributed by atoms with Crippen LogP contribution in [0.2, 0.25) is 5.02 Å². The number of halogens is 1. The van der Waals surface area contributed by atoms with Crippen LogP contribution in [0, 0.1) is 0 Å².